The van der Waals surface area contributed by atoms with Crippen molar-refractivity contribution in [2.75, 3.05) is 0 Å². The number of rotatable bonds is 6. The van der Waals surface area contributed by atoms with E-state index in [9.17, 15) is 0 Å². The lowest BCUT2D eigenvalue weighted by Gasteiger charge is -2.02. The summed E-state index contributed by atoms with van der Waals surface area (Å²) in [5, 5.41) is 0. The van der Waals surface area contributed by atoms with E-state index in [-0.39, 0.29) is 0 Å². The van der Waals surface area contributed by atoms with Crippen molar-refractivity contribution in [2.45, 2.75) is 12.8 Å². The van der Waals surface area contributed by atoms with Crippen LogP contribution in [0.3, 0.4) is 0 Å². The summed E-state index contributed by atoms with van der Waals surface area (Å²) in [5.74, 6) is 0. The van der Waals surface area contributed by atoms with E-state index in [1.54, 1.807) is 0 Å². The van der Waals surface area contributed by atoms with Gasteiger partial charge in [-0.3, -0.25) is 15.0 Å². The minimum Gasteiger partial charge on any atom is -0.260 e. The van der Waals surface area contributed by atoms with E-state index in [0.717, 1.165) is 40.7 Å². The summed E-state index contributed by atoms with van der Waals surface area (Å²) >= 11 is 13.9. The van der Waals surface area contributed by atoms with E-state index in [0.29, 0.717) is 12.8 Å². The molecule has 0 aliphatic rings. The molecule has 3 aromatic rings. The minimum absolute atomic E-state index is 0.672. The van der Waals surface area contributed by atoms with Crippen LogP contribution in [-0.2, 0) is 12.8 Å². The van der Waals surface area contributed by atoms with Crippen molar-refractivity contribution in [3.63, 3.8) is 0 Å². The molecule has 0 atom stereocenters. The number of benzene rings is 2. The predicted molar refractivity (Wildman–Crippen MR) is 132 cm³/mol. The molecule has 3 rings (SSSR count). The Labute approximate surface area is 197 Å². The van der Waals surface area contributed by atoms with Crippen molar-refractivity contribution in [3.8, 4) is 0 Å². The van der Waals surface area contributed by atoms with Crippen LogP contribution in [0.25, 0.3) is 0 Å². The highest BCUT2D eigenvalue weighted by atomic mass is 79.9. The average Bonchev–Trinajstić information content (AvgIpc) is 2.66. The SMILES string of the molecule is Brc1ccc(N=CCc2cccc(CC=Nc3ccc(Br)cc3Br)n2)c(Br)c1. The van der Waals surface area contributed by atoms with E-state index >= 15 is 0 Å². The van der Waals surface area contributed by atoms with E-state index in [2.05, 4.69) is 78.7 Å². The van der Waals surface area contributed by atoms with E-state index in [1.807, 2.05) is 67.0 Å². The van der Waals surface area contributed by atoms with Gasteiger partial charge in [-0.2, -0.15) is 0 Å². The van der Waals surface area contributed by atoms with Crippen molar-refractivity contribution < 1.29 is 0 Å². The molecule has 0 N–H and O–H groups in total. The Morgan fingerprint density at radius 3 is 1.57 bits per heavy atom. The quantitative estimate of drug-likeness (QED) is 0.255. The number of nitrogens with zero attached hydrogens (tertiary/aromatic N) is 3. The van der Waals surface area contributed by atoms with Crippen molar-refractivity contribution in [3.05, 3.63) is 83.9 Å². The monoisotopic (exact) mass is 625 g/mol. The Morgan fingerprint density at radius 1 is 0.679 bits per heavy atom. The van der Waals surface area contributed by atoms with Crippen LogP contribution >= 0.6 is 63.7 Å². The van der Waals surface area contributed by atoms with Crippen molar-refractivity contribution >= 4 is 87.5 Å². The van der Waals surface area contributed by atoms with Crippen molar-refractivity contribution in [1.82, 2.24) is 4.98 Å². The van der Waals surface area contributed by atoms with Crippen molar-refractivity contribution in [1.29, 1.82) is 0 Å². The van der Waals surface area contributed by atoms with Gasteiger partial charge >= 0.3 is 0 Å². The van der Waals surface area contributed by atoms with Gasteiger partial charge in [0, 0.05) is 54.5 Å². The smallest absolute Gasteiger partial charge is 0.0768 e. The van der Waals surface area contributed by atoms with Crippen LogP contribution < -0.4 is 0 Å². The largest absolute Gasteiger partial charge is 0.260 e. The topological polar surface area (TPSA) is 37.6 Å². The van der Waals surface area contributed by atoms with Crippen LogP contribution in [0, 0.1) is 0 Å². The third-order valence-corrected chi connectivity index (χ3v) is 6.00. The summed E-state index contributed by atoms with van der Waals surface area (Å²) in [6.07, 6.45) is 5.11. The standard InChI is InChI=1S/C21H15Br4N3/c22-14-4-6-20(18(24)12-14)26-10-8-16-2-1-3-17(28-16)9-11-27-21-7-5-15(23)13-19(21)25/h1-7,10-13H,8-9H2. The molecule has 1 aromatic heterocycles. The number of halogens is 4. The van der Waals surface area contributed by atoms with Gasteiger partial charge in [-0.05, 0) is 80.4 Å². The molecule has 0 saturated carbocycles. The predicted octanol–water partition coefficient (Wildman–Crippen LogP) is 8.02. The van der Waals surface area contributed by atoms with Gasteiger partial charge in [0.15, 0.2) is 0 Å². The van der Waals surface area contributed by atoms with Gasteiger partial charge in [-0.15, -0.1) is 0 Å². The summed E-state index contributed by atoms with van der Waals surface area (Å²) in [7, 11) is 0. The number of pyridine rings is 1. The molecule has 0 bridgehead atoms. The van der Waals surface area contributed by atoms with Crippen LogP contribution in [0.2, 0.25) is 0 Å². The second-order valence-corrected chi connectivity index (χ2v) is 9.38. The number of aliphatic imine (C=N–C) groups is 2. The van der Waals surface area contributed by atoms with Crippen LogP contribution in [0.4, 0.5) is 11.4 Å². The van der Waals surface area contributed by atoms with Crippen molar-refractivity contribution in [2.24, 2.45) is 9.98 Å². The summed E-state index contributed by atoms with van der Waals surface area (Å²) in [4.78, 5) is 13.7. The third kappa shape index (κ3) is 6.44. The highest BCUT2D eigenvalue weighted by Gasteiger charge is 2.00. The van der Waals surface area contributed by atoms with Crippen LogP contribution in [0.15, 0.2) is 82.5 Å². The summed E-state index contributed by atoms with van der Waals surface area (Å²) in [6, 6.07) is 17.9. The normalized spacial score (nSPS) is 11.6. The van der Waals surface area contributed by atoms with E-state index in [1.165, 1.54) is 0 Å². The number of aromatic nitrogens is 1. The average molecular weight is 629 g/mol. The van der Waals surface area contributed by atoms with E-state index < -0.39 is 0 Å². The first-order valence-electron chi connectivity index (χ1n) is 8.41. The molecule has 0 fully saturated rings. The highest BCUT2D eigenvalue weighted by Crippen LogP contribution is 2.29. The van der Waals surface area contributed by atoms with Gasteiger partial charge < -0.3 is 0 Å². The van der Waals surface area contributed by atoms with Gasteiger partial charge in [0.05, 0.1) is 11.4 Å². The molecule has 0 saturated heterocycles. The lowest BCUT2D eigenvalue weighted by Crippen LogP contribution is -1.97. The minimum atomic E-state index is 0.672. The van der Waals surface area contributed by atoms with Gasteiger partial charge in [0.25, 0.3) is 0 Å². The molecule has 1 heterocycles. The van der Waals surface area contributed by atoms with Gasteiger partial charge in [-0.25, -0.2) is 0 Å². The molecule has 0 unspecified atom stereocenters. The fourth-order valence-electron chi connectivity index (χ4n) is 2.40. The Hall–Kier alpha value is -1.15. The lowest BCUT2D eigenvalue weighted by molar-refractivity contribution is 1.06. The summed E-state index contributed by atoms with van der Waals surface area (Å²) < 4.78 is 3.94. The summed E-state index contributed by atoms with van der Waals surface area (Å²) in [5.41, 5.74) is 3.75. The first-order chi connectivity index (χ1) is 13.5. The second-order valence-electron chi connectivity index (χ2n) is 5.84. The molecule has 2 aromatic carbocycles. The van der Waals surface area contributed by atoms with Gasteiger partial charge in [-0.1, -0.05) is 37.9 Å². The number of hydrogen-bond donors (Lipinski definition) is 0. The van der Waals surface area contributed by atoms with Gasteiger partial charge in [0.2, 0.25) is 0 Å². The zero-order valence-corrected chi connectivity index (χ0v) is 21.0. The van der Waals surface area contributed by atoms with E-state index in [4.69, 9.17) is 0 Å². The lowest BCUT2D eigenvalue weighted by atomic mass is 10.2. The van der Waals surface area contributed by atoms with Gasteiger partial charge in [0.1, 0.15) is 0 Å². The third-order valence-electron chi connectivity index (χ3n) is 3.75. The maximum Gasteiger partial charge on any atom is 0.0768 e. The molecular formula is C21H15Br4N3. The zero-order valence-electron chi connectivity index (χ0n) is 14.6. The first kappa shape index (κ1) is 21.6. The first-order valence-corrected chi connectivity index (χ1v) is 11.6. The molecule has 3 nitrogen and oxygen atoms in total. The van der Waals surface area contributed by atoms with Crippen LogP contribution in [0.1, 0.15) is 11.4 Å². The maximum absolute atomic E-state index is 4.69. The van der Waals surface area contributed by atoms with Crippen LogP contribution in [0.5, 0.6) is 0 Å². The Balaban J connectivity index is 1.62. The molecule has 0 spiro atoms. The Bertz CT molecular complexity index is 953. The molecule has 0 aliphatic carbocycles. The fourth-order valence-corrected chi connectivity index (χ4v) is 4.70. The maximum atomic E-state index is 4.69. The highest BCUT2D eigenvalue weighted by molar-refractivity contribution is 9.11. The molecule has 7 heteroatoms. The van der Waals surface area contributed by atoms with Crippen LogP contribution in [-0.4, -0.2) is 17.4 Å². The summed E-state index contributed by atoms with van der Waals surface area (Å²) in [6.45, 7) is 0. The molecule has 0 aliphatic heterocycles. The fraction of sp³-hybridized carbons (Fsp3) is 0.0952. The zero-order chi connectivity index (χ0) is 19.9. The molecule has 142 valence electrons. The Morgan fingerprint density at radius 2 is 1.14 bits per heavy atom. The number of hydrogen-bond acceptors (Lipinski definition) is 3. The molecule has 28 heavy (non-hydrogen) atoms. The molecule has 0 amide bonds. The molecular weight excluding hydrogens is 614 g/mol. The second kappa shape index (κ2) is 10.6. The Kier molecular flexibility index (Phi) is 8.14. The molecule has 0 radical (unpaired) electrons.